The van der Waals surface area contributed by atoms with Crippen LogP contribution in [0.4, 0.5) is 0 Å². The fraction of sp³-hybridized carbons (Fsp3) is 0.875. The van der Waals surface area contributed by atoms with Gasteiger partial charge in [0.15, 0.2) is 0 Å². The zero-order chi connectivity index (χ0) is 6.97. The Morgan fingerprint density at radius 2 is 2.50 bits per heavy atom. The van der Waals surface area contributed by atoms with Gasteiger partial charge in [-0.3, -0.25) is 0 Å². The van der Waals surface area contributed by atoms with Crippen molar-refractivity contribution in [1.29, 1.82) is 0 Å². The maximum Gasteiger partial charge on any atom is 0.120 e. The highest BCUT2D eigenvalue weighted by Gasteiger charge is 2.51. The van der Waals surface area contributed by atoms with E-state index in [0.29, 0.717) is 12.0 Å². The summed E-state index contributed by atoms with van der Waals surface area (Å²) >= 11 is 0. The molecule has 2 heteroatoms. The van der Waals surface area contributed by atoms with Crippen LogP contribution >= 0.6 is 0 Å². The summed E-state index contributed by atoms with van der Waals surface area (Å²) in [6, 6.07) is 0. The summed E-state index contributed by atoms with van der Waals surface area (Å²) in [6.07, 6.45) is 4.67. The first-order chi connectivity index (χ1) is 4.93. The Kier molecular flexibility index (Phi) is 1.49. The zero-order valence-corrected chi connectivity index (χ0v) is 5.95. The van der Waals surface area contributed by atoms with Crippen molar-refractivity contribution in [2.24, 2.45) is 11.8 Å². The predicted molar refractivity (Wildman–Crippen MR) is 36.6 cm³/mol. The first-order valence-corrected chi connectivity index (χ1v) is 3.98. The van der Waals surface area contributed by atoms with Crippen LogP contribution in [0, 0.1) is 11.8 Å². The molecule has 0 N–H and O–H groups in total. The van der Waals surface area contributed by atoms with Gasteiger partial charge in [-0.25, -0.2) is 0 Å². The molecule has 2 aliphatic rings. The van der Waals surface area contributed by atoms with E-state index in [-0.39, 0.29) is 0 Å². The average molecular weight is 140 g/mol. The molecule has 1 aliphatic carbocycles. The summed E-state index contributed by atoms with van der Waals surface area (Å²) in [5.41, 5.74) is 0. The van der Waals surface area contributed by atoms with Crippen LogP contribution in [0.15, 0.2) is 0 Å². The molecule has 2 fully saturated rings. The molecule has 56 valence electrons. The third kappa shape index (κ3) is 0.870. The van der Waals surface area contributed by atoms with Gasteiger partial charge in [0.2, 0.25) is 0 Å². The summed E-state index contributed by atoms with van der Waals surface area (Å²) in [7, 11) is 0. The van der Waals surface area contributed by atoms with Crippen LogP contribution < -0.4 is 0 Å². The normalized spacial score (nSPS) is 44.2. The molecule has 2 rings (SSSR count). The molecule has 1 aliphatic heterocycles. The van der Waals surface area contributed by atoms with Gasteiger partial charge in [0, 0.05) is 13.0 Å². The molecule has 0 spiro atoms. The number of ether oxygens (including phenoxy) is 1. The minimum atomic E-state index is 0.457. The Bertz CT molecular complexity index is 132. The zero-order valence-electron chi connectivity index (χ0n) is 5.95. The Labute approximate surface area is 60.6 Å². The minimum absolute atomic E-state index is 0.457. The largest absolute Gasteiger partial charge is 0.378 e. The minimum Gasteiger partial charge on any atom is -0.378 e. The number of hydrogen-bond donors (Lipinski definition) is 0. The maximum absolute atomic E-state index is 10.1. The summed E-state index contributed by atoms with van der Waals surface area (Å²) in [5, 5.41) is 0. The number of carbonyl (C=O) groups excluding carboxylic acids is 1. The van der Waals surface area contributed by atoms with E-state index in [0.717, 1.165) is 25.2 Å². The molecular formula is C8H12O2. The molecule has 0 amide bonds. The van der Waals surface area contributed by atoms with E-state index in [1.54, 1.807) is 0 Å². The summed E-state index contributed by atoms with van der Waals surface area (Å²) in [5.74, 6) is 1.32. The molecule has 0 bridgehead atoms. The van der Waals surface area contributed by atoms with Crippen molar-refractivity contribution in [3.8, 4) is 0 Å². The van der Waals surface area contributed by atoms with Crippen LogP contribution in [0.1, 0.15) is 19.3 Å². The third-order valence-corrected chi connectivity index (χ3v) is 2.61. The van der Waals surface area contributed by atoms with Crippen molar-refractivity contribution in [2.75, 3.05) is 6.61 Å². The van der Waals surface area contributed by atoms with Crippen molar-refractivity contribution in [1.82, 2.24) is 0 Å². The maximum atomic E-state index is 10.1. The molecule has 0 aromatic heterocycles. The van der Waals surface area contributed by atoms with E-state index >= 15 is 0 Å². The van der Waals surface area contributed by atoms with Crippen LogP contribution in [0.5, 0.6) is 0 Å². The van der Waals surface area contributed by atoms with E-state index in [4.69, 9.17) is 4.74 Å². The highest BCUT2D eigenvalue weighted by molar-refractivity contribution is 5.51. The van der Waals surface area contributed by atoms with Gasteiger partial charge in [0.1, 0.15) is 6.29 Å². The lowest BCUT2D eigenvalue weighted by Gasteiger charge is -2.07. The van der Waals surface area contributed by atoms with Gasteiger partial charge < -0.3 is 9.53 Å². The highest BCUT2D eigenvalue weighted by atomic mass is 16.5. The van der Waals surface area contributed by atoms with Gasteiger partial charge in [0.05, 0.1) is 6.10 Å². The topological polar surface area (TPSA) is 26.3 Å². The van der Waals surface area contributed by atoms with Gasteiger partial charge in [-0.1, -0.05) is 0 Å². The number of rotatable bonds is 2. The molecule has 0 radical (unpaired) electrons. The highest BCUT2D eigenvalue weighted by Crippen LogP contribution is 2.49. The van der Waals surface area contributed by atoms with Gasteiger partial charge in [0.25, 0.3) is 0 Å². The van der Waals surface area contributed by atoms with Crippen LogP contribution in [0.25, 0.3) is 0 Å². The third-order valence-electron chi connectivity index (χ3n) is 2.61. The summed E-state index contributed by atoms with van der Waals surface area (Å²) in [6.45, 7) is 0.913. The van der Waals surface area contributed by atoms with Crippen molar-refractivity contribution in [2.45, 2.75) is 25.4 Å². The number of hydrogen-bond acceptors (Lipinski definition) is 2. The molecule has 0 aromatic rings. The van der Waals surface area contributed by atoms with E-state index in [9.17, 15) is 4.79 Å². The number of aldehydes is 1. The van der Waals surface area contributed by atoms with Crippen molar-refractivity contribution >= 4 is 6.29 Å². The quantitative estimate of drug-likeness (QED) is 0.535. The van der Waals surface area contributed by atoms with Crippen molar-refractivity contribution in [3.63, 3.8) is 0 Å². The molecule has 3 atom stereocenters. The molecule has 3 unspecified atom stereocenters. The van der Waals surface area contributed by atoms with E-state index < -0.39 is 0 Å². The second kappa shape index (κ2) is 2.35. The summed E-state index contributed by atoms with van der Waals surface area (Å²) in [4.78, 5) is 10.1. The average Bonchev–Trinajstić information content (AvgIpc) is 2.66. The van der Waals surface area contributed by atoms with Crippen LogP contribution in [-0.4, -0.2) is 19.0 Å². The fourth-order valence-corrected chi connectivity index (χ4v) is 1.99. The van der Waals surface area contributed by atoms with Crippen LogP contribution in [-0.2, 0) is 9.53 Å². The predicted octanol–water partition coefficient (Wildman–Crippen LogP) is 1.00. The number of carbonyl (C=O) groups is 1. The second-order valence-corrected chi connectivity index (χ2v) is 3.21. The molecule has 10 heavy (non-hydrogen) atoms. The van der Waals surface area contributed by atoms with Gasteiger partial charge in [-0.2, -0.15) is 0 Å². The van der Waals surface area contributed by atoms with Crippen LogP contribution in [0.2, 0.25) is 0 Å². The lowest BCUT2D eigenvalue weighted by Crippen LogP contribution is -2.05. The smallest absolute Gasteiger partial charge is 0.120 e. The second-order valence-electron chi connectivity index (χ2n) is 3.21. The molecule has 1 saturated carbocycles. The van der Waals surface area contributed by atoms with Gasteiger partial charge in [-0.05, 0) is 24.7 Å². The Balaban J connectivity index is 1.87. The first kappa shape index (κ1) is 6.35. The Morgan fingerprint density at radius 3 is 3.10 bits per heavy atom. The molecule has 1 heterocycles. The Hall–Kier alpha value is -0.370. The lowest BCUT2D eigenvalue weighted by atomic mass is 10.1. The SMILES string of the molecule is O=CCC1C2CCCOC12. The molecule has 2 nitrogen and oxygen atoms in total. The van der Waals surface area contributed by atoms with E-state index in [1.165, 1.54) is 12.8 Å². The van der Waals surface area contributed by atoms with Gasteiger partial charge in [-0.15, -0.1) is 0 Å². The molecular weight excluding hydrogens is 128 g/mol. The monoisotopic (exact) mass is 140 g/mol. The summed E-state index contributed by atoms with van der Waals surface area (Å²) < 4.78 is 5.46. The first-order valence-electron chi connectivity index (χ1n) is 3.98. The van der Waals surface area contributed by atoms with Crippen LogP contribution in [0.3, 0.4) is 0 Å². The van der Waals surface area contributed by atoms with Crippen molar-refractivity contribution < 1.29 is 9.53 Å². The van der Waals surface area contributed by atoms with E-state index in [2.05, 4.69) is 0 Å². The van der Waals surface area contributed by atoms with Crippen molar-refractivity contribution in [3.05, 3.63) is 0 Å². The van der Waals surface area contributed by atoms with Gasteiger partial charge >= 0.3 is 0 Å². The standard InChI is InChI=1S/C8H12O2/c9-4-3-7-6-2-1-5-10-8(6)7/h4,6-8H,1-3,5H2. The number of fused-ring (bicyclic) bond motifs is 1. The molecule has 0 aromatic carbocycles. The van der Waals surface area contributed by atoms with E-state index in [1.807, 2.05) is 0 Å². The lowest BCUT2D eigenvalue weighted by molar-refractivity contribution is -0.108. The Morgan fingerprint density at radius 1 is 1.60 bits per heavy atom. The molecule has 1 saturated heterocycles. The fourth-order valence-electron chi connectivity index (χ4n) is 1.99.